The van der Waals surface area contributed by atoms with Gasteiger partial charge in [0.05, 0.1) is 21.3 Å². The zero-order valence-corrected chi connectivity index (χ0v) is 13.8. The first kappa shape index (κ1) is 16.0. The van der Waals surface area contributed by atoms with Gasteiger partial charge in [0, 0.05) is 24.1 Å². The number of carbonyl (C=O) groups is 1. The van der Waals surface area contributed by atoms with E-state index in [2.05, 4.69) is 5.32 Å². The van der Waals surface area contributed by atoms with E-state index < -0.39 is 0 Å². The predicted molar refractivity (Wildman–Crippen MR) is 89.3 cm³/mol. The highest BCUT2D eigenvalue weighted by molar-refractivity contribution is 5.96. The molecule has 0 spiro atoms. The molecule has 0 bridgehead atoms. The summed E-state index contributed by atoms with van der Waals surface area (Å²) in [6.07, 6.45) is 0.302. The number of benzene rings is 2. The van der Waals surface area contributed by atoms with E-state index in [-0.39, 0.29) is 17.6 Å². The van der Waals surface area contributed by atoms with Gasteiger partial charge in [-0.2, -0.15) is 0 Å². The minimum atomic E-state index is -0.164. The van der Waals surface area contributed by atoms with Crippen LogP contribution in [0.1, 0.15) is 23.5 Å². The highest BCUT2D eigenvalue weighted by atomic mass is 16.5. The number of anilines is 1. The fourth-order valence-corrected chi connectivity index (χ4v) is 3.00. The minimum absolute atomic E-state index is 0.0639. The van der Waals surface area contributed by atoms with Gasteiger partial charge in [0.2, 0.25) is 5.91 Å². The summed E-state index contributed by atoms with van der Waals surface area (Å²) in [5.41, 5.74) is 2.51. The van der Waals surface area contributed by atoms with Crippen LogP contribution >= 0.6 is 0 Å². The Hall–Kier alpha value is -2.89. The molecule has 2 aromatic carbocycles. The van der Waals surface area contributed by atoms with Crippen LogP contribution in [0.15, 0.2) is 30.3 Å². The summed E-state index contributed by atoms with van der Waals surface area (Å²) < 4.78 is 15.9. The average molecular weight is 329 g/mol. The summed E-state index contributed by atoms with van der Waals surface area (Å²) in [7, 11) is 4.62. The smallest absolute Gasteiger partial charge is 0.225 e. The molecule has 2 N–H and O–H groups in total. The maximum absolute atomic E-state index is 12.1. The summed E-state index contributed by atoms with van der Waals surface area (Å²) >= 11 is 0. The molecule has 6 nitrogen and oxygen atoms in total. The lowest BCUT2D eigenvalue weighted by Gasteiger charge is -2.27. The number of ether oxygens (including phenoxy) is 3. The maximum atomic E-state index is 12.1. The van der Waals surface area contributed by atoms with Crippen LogP contribution in [0, 0.1) is 0 Å². The monoisotopic (exact) mass is 329 g/mol. The summed E-state index contributed by atoms with van der Waals surface area (Å²) in [6, 6.07) is 8.75. The number of hydrogen-bond acceptors (Lipinski definition) is 5. The van der Waals surface area contributed by atoms with E-state index in [4.69, 9.17) is 14.2 Å². The molecule has 0 aliphatic carbocycles. The first-order valence-corrected chi connectivity index (χ1v) is 7.50. The van der Waals surface area contributed by atoms with E-state index >= 15 is 0 Å². The summed E-state index contributed by atoms with van der Waals surface area (Å²) in [4.78, 5) is 12.1. The molecule has 1 aliphatic rings. The van der Waals surface area contributed by atoms with Crippen molar-refractivity contribution in [1.29, 1.82) is 0 Å². The van der Waals surface area contributed by atoms with E-state index in [0.717, 1.165) is 11.1 Å². The van der Waals surface area contributed by atoms with E-state index in [1.165, 1.54) is 7.11 Å². The van der Waals surface area contributed by atoms with Gasteiger partial charge < -0.3 is 24.6 Å². The molecule has 0 saturated heterocycles. The normalized spacial score (nSPS) is 16.1. The average Bonchev–Trinajstić information content (AvgIpc) is 2.60. The lowest BCUT2D eigenvalue weighted by molar-refractivity contribution is -0.116. The number of methoxy groups -OCH3 is 3. The molecule has 1 atom stereocenters. The van der Waals surface area contributed by atoms with Crippen molar-refractivity contribution in [1.82, 2.24) is 0 Å². The van der Waals surface area contributed by atoms with Gasteiger partial charge in [0.25, 0.3) is 0 Å². The van der Waals surface area contributed by atoms with Crippen LogP contribution in [0.5, 0.6) is 23.0 Å². The van der Waals surface area contributed by atoms with Gasteiger partial charge in [-0.3, -0.25) is 4.79 Å². The van der Waals surface area contributed by atoms with E-state index in [0.29, 0.717) is 29.4 Å². The molecule has 1 aliphatic heterocycles. The van der Waals surface area contributed by atoms with Gasteiger partial charge in [0.15, 0.2) is 23.0 Å². The van der Waals surface area contributed by atoms with Crippen molar-refractivity contribution in [3.05, 3.63) is 41.5 Å². The van der Waals surface area contributed by atoms with Crippen molar-refractivity contribution < 1.29 is 24.1 Å². The number of rotatable bonds is 4. The quantitative estimate of drug-likeness (QED) is 0.902. The van der Waals surface area contributed by atoms with E-state index in [1.807, 2.05) is 6.07 Å². The fraction of sp³-hybridized carbons (Fsp3) is 0.278. The zero-order chi connectivity index (χ0) is 17.3. The first-order chi connectivity index (χ1) is 11.6. The highest BCUT2D eigenvalue weighted by Gasteiger charge is 2.29. The van der Waals surface area contributed by atoms with Crippen LogP contribution < -0.4 is 19.5 Å². The van der Waals surface area contributed by atoms with Gasteiger partial charge in [0.1, 0.15) is 0 Å². The molecule has 6 heteroatoms. The molecule has 3 rings (SSSR count). The van der Waals surface area contributed by atoms with Crippen molar-refractivity contribution in [2.45, 2.75) is 12.3 Å². The Morgan fingerprint density at radius 2 is 1.67 bits per heavy atom. The van der Waals surface area contributed by atoms with Crippen molar-refractivity contribution in [3.63, 3.8) is 0 Å². The standard InChI is InChI=1S/C18H19NO5/c1-22-15-6-10(4-5-14(15)20)11-8-18(21)19-13-9-17(24-3)16(23-2)7-12(11)13/h4-7,9,11,20H,8H2,1-3H3,(H,19,21). The molecule has 0 radical (unpaired) electrons. The number of phenolic OH excluding ortho intramolecular Hbond substituents is 1. The van der Waals surface area contributed by atoms with Crippen LogP contribution in [-0.2, 0) is 4.79 Å². The lowest BCUT2D eigenvalue weighted by Crippen LogP contribution is -2.23. The minimum Gasteiger partial charge on any atom is -0.504 e. The Balaban J connectivity index is 2.13. The number of carbonyl (C=O) groups excluding carboxylic acids is 1. The van der Waals surface area contributed by atoms with Gasteiger partial charge in [-0.15, -0.1) is 0 Å². The fourth-order valence-electron chi connectivity index (χ4n) is 3.00. The molecule has 1 unspecified atom stereocenters. The summed E-state index contributed by atoms with van der Waals surface area (Å²) in [6.45, 7) is 0. The largest absolute Gasteiger partial charge is 0.504 e. The van der Waals surface area contributed by atoms with Crippen LogP contribution in [-0.4, -0.2) is 32.3 Å². The number of hydrogen-bond donors (Lipinski definition) is 2. The molecule has 0 aromatic heterocycles. The Morgan fingerprint density at radius 1 is 1.00 bits per heavy atom. The molecule has 1 heterocycles. The van der Waals surface area contributed by atoms with Gasteiger partial charge in [-0.05, 0) is 29.3 Å². The second-order valence-electron chi connectivity index (χ2n) is 5.53. The number of nitrogens with one attached hydrogen (secondary N) is 1. The molecular formula is C18H19NO5. The van der Waals surface area contributed by atoms with E-state index in [9.17, 15) is 9.90 Å². The SMILES string of the molecule is COc1cc(C2CC(=O)Nc3cc(OC)c(OC)cc32)ccc1O. The Bertz CT molecular complexity index is 787. The van der Waals surface area contributed by atoms with Gasteiger partial charge in [-0.1, -0.05) is 6.07 Å². The summed E-state index contributed by atoms with van der Waals surface area (Å²) in [5.74, 6) is 1.35. The van der Waals surface area contributed by atoms with Crippen LogP contribution in [0.4, 0.5) is 5.69 Å². The Kier molecular flexibility index (Phi) is 4.20. The van der Waals surface area contributed by atoms with Crippen molar-refractivity contribution >= 4 is 11.6 Å². The van der Waals surface area contributed by atoms with Crippen LogP contribution in [0.2, 0.25) is 0 Å². The molecule has 0 saturated carbocycles. The second kappa shape index (κ2) is 6.31. The zero-order valence-electron chi connectivity index (χ0n) is 13.8. The van der Waals surface area contributed by atoms with Gasteiger partial charge >= 0.3 is 0 Å². The number of fused-ring (bicyclic) bond motifs is 1. The first-order valence-electron chi connectivity index (χ1n) is 7.50. The molecule has 0 fully saturated rings. The lowest BCUT2D eigenvalue weighted by atomic mass is 9.84. The third kappa shape index (κ3) is 2.71. The van der Waals surface area contributed by atoms with Crippen molar-refractivity contribution in [2.75, 3.05) is 26.6 Å². The van der Waals surface area contributed by atoms with Crippen LogP contribution in [0.3, 0.4) is 0 Å². The Morgan fingerprint density at radius 3 is 2.33 bits per heavy atom. The third-order valence-corrected chi connectivity index (χ3v) is 4.20. The third-order valence-electron chi connectivity index (χ3n) is 4.20. The maximum Gasteiger partial charge on any atom is 0.225 e. The van der Waals surface area contributed by atoms with E-state index in [1.54, 1.807) is 38.5 Å². The van der Waals surface area contributed by atoms with Crippen LogP contribution in [0.25, 0.3) is 0 Å². The predicted octanol–water partition coefficient (Wildman–Crippen LogP) is 2.89. The summed E-state index contributed by atoms with van der Waals surface area (Å²) in [5, 5.41) is 12.7. The molecule has 126 valence electrons. The number of aromatic hydroxyl groups is 1. The molecule has 1 amide bonds. The number of amides is 1. The molecular weight excluding hydrogens is 310 g/mol. The second-order valence-corrected chi connectivity index (χ2v) is 5.53. The molecule has 24 heavy (non-hydrogen) atoms. The Labute approximate surface area is 140 Å². The topological polar surface area (TPSA) is 77.0 Å². The van der Waals surface area contributed by atoms with Crippen molar-refractivity contribution in [3.8, 4) is 23.0 Å². The molecule has 2 aromatic rings. The van der Waals surface area contributed by atoms with Gasteiger partial charge in [-0.25, -0.2) is 0 Å². The number of phenols is 1. The highest BCUT2D eigenvalue weighted by Crippen LogP contribution is 2.44. The van der Waals surface area contributed by atoms with Crippen molar-refractivity contribution in [2.24, 2.45) is 0 Å².